The average Bonchev–Trinajstić information content (AvgIpc) is 2.61. The molecule has 3 aromatic rings. The van der Waals surface area contributed by atoms with Gasteiger partial charge in [0.2, 0.25) is 0 Å². The number of rotatable bonds is 4. The molecule has 108 valence electrons. The second kappa shape index (κ2) is 6.63. The van der Waals surface area contributed by atoms with Crippen molar-refractivity contribution in [1.82, 2.24) is 15.3 Å². The summed E-state index contributed by atoms with van der Waals surface area (Å²) in [5, 5.41) is 2.89. The number of hydrogen-bond donors (Lipinski definition) is 1. The van der Waals surface area contributed by atoms with Gasteiger partial charge >= 0.3 is 0 Å². The predicted molar refractivity (Wildman–Crippen MR) is 85.1 cm³/mol. The molecular formula is C18H15N3O. The number of nitrogens with one attached hydrogen (secondary N) is 1. The molecule has 3 rings (SSSR count). The summed E-state index contributed by atoms with van der Waals surface area (Å²) in [5.41, 5.74) is 3.54. The van der Waals surface area contributed by atoms with Crippen molar-refractivity contribution in [2.45, 2.75) is 6.54 Å². The molecule has 0 saturated carbocycles. The maximum Gasteiger partial charge on any atom is 0.251 e. The number of nitrogens with zero attached hydrogens (tertiary/aromatic N) is 2. The van der Waals surface area contributed by atoms with Gasteiger partial charge in [-0.1, -0.05) is 18.2 Å². The Labute approximate surface area is 128 Å². The first-order chi connectivity index (χ1) is 10.8. The SMILES string of the molecule is O=C(NCc1ccncc1)c1ccc(-c2ccccn2)cc1. The van der Waals surface area contributed by atoms with Gasteiger partial charge in [0.1, 0.15) is 0 Å². The minimum Gasteiger partial charge on any atom is -0.348 e. The van der Waals surface area contributed by atoms with Crippen LogP contribution in [-0.2, 0) is 6.54 Å². The molecule has 1 aromatic carbocycles. The molecular weight excluding hydrogens is 274 g/mol. The van der Waals surface area contributed by atoms with Gasteiger partial charge < -0.3 is 5.32 Å². The van der Waals surface area contributed by atoms with Crippen LogP contribution in [0.25, 0.3) is 11.3 Å². The van der Waals surface area contributed by atoms with Gasteiger partial charge in [0, 0.05) is 36.3 Å². The number of carbonyl (C=O) groups excluding carboxylic acids is 1. The first-order valence-corrected chi connectivity index (χ1v) is 7.01. The van der Waals surface area contributed by atoms with Crippen LogP contribution in [0.4, 0.5) is 0 Å². The first kappa shape index (κ1) is 13.9. The van der Waals surface area contributed by atoms with E-state index in [4.69, 9.17) is 0 Å². The Morgan fingerprint density at radius 2 is 1.68 bits per heavy atom. The highest BCUT2D eigenvalue weighted by Gasteiger charge is 2.06. The Balaban J connectivity index is 1.66. The van der Waals surface area contributed by atoms with Crippen LogP contribution in [0.3, 0.4) is 0 Å². The summed E-state index contributed by atoms with van der Waals surface area (Å²) in [6.45, 7) is 0.489. The van der Waals surface area contributed by atoms with E-state index < -0.39 is 0 Å². The van der Waals surface area contributed by atoms with E-state index in [9.17, 15) is 4.79 Å². The van der Waals surface area contributed by atoms with Crippen LogP contribution in [0.5, 0.6) is 0 Å². The van der Waals surface area contributed by atoms with Gasteiger partial charge in [-0.3, -0.25) is 14.8 Å². The molecule has 2 aromatic heterocycles. The Morgan fingerprint density at radius 3 is 2.36 bits per heavy atom. The Hall–Kier alpha value is -3.01. The number of benzene rings is 1. The highest BCUT2D eigenvalue weighted by Crippen LogP contribution is 2.16. The molecule has 0 radical (unpaired) electrons. The molecule has 0 aliphatic rings. The summed E-state index contributed by atoms with van der Waals surface area (Å²) in [7, 11) is 0. The molecule has 0 aliphatic carbocycles. The smallest absolute Gasteiger partial charge is 0.251 e. The normalized spacial score (nSPS) is 10.2. The molecule has 0 fully saturated rings. The molecule has 0 unspecified atom stereocenters. The van der Waals surface area contributed by atoms with Gasteiger partial charge in [-0.2, -0.15) is 0 Å². The standard InChI is InChI=1S/C18H15N3O/c22-18(21-13-14-8-11-19-12-9-14)16-6-4-15(5-7-16)17-3-1-2-10-20-17/h1-12H,13H2,(H,21,22). The van der Waals surface area contributed by atoms with Gasteiger partial charge in [-0.15, -0.1) is 0 Å². The van der Waals surface area contributed by atoms with Crippen molar-refractivity contribution in [2.24, 2.45) is 0 Å². The van der Waals surface area contributed by atoms with E-state index in [0.717, 1.165) is 16.8 Å². The lowest BCUT2D eigenvalue weighted by atomic mass is 10.1. The summed E-state index contributed by atoms with van der Waals surface area (Å²) in [4.78, 5) is 20.4. The largest absolute Gasteiger partial charge is 0.348 e. The van der Waals surface area contributed by atoms with Crippen molar-refractivity contribution in [3.05, 3.63) is 84.3 Å². The lowest BCUT2D eigenvalue weighted by Gasteiger charge is -2.06. The van der Waals surface area contributed by atoms with Crippen LogP contribution in [0, 0.1) is 0 Å². The third-order valence-corrected chi connectivity index (χ3v) is 3.31. The molecule has 1 N–H and O–H groups in total. The Kier molecular flexibility index (Phi) is 4.20. The lowest BCUT2D eigenvalue weighted by molar-refractivity contribution is 0.0951. The van der Waals surface area contributed by atoms with E-state index in [1.807, 2.05) is 54.6 Å². The second-order valence-electron chi connectivity index (χ2n) is 4.83. The molecule has 2 heterocycles. The fourth-order valence-corrected chi connectivity index (χ4v) is 2.11. The summed E-state index contributed by atoms with van der Waals surface area (Å²) in [5.74, 6) is -0.0932. The van der Waals surface area contributed by atoms with Gasteiger partial charge in [0.25, 0.3) is 5.91 Å². The monoisotopic (exact) mass is 289 g/mol. The van der Waals surface area contributed by atoms with Gasteiger partial charge in [0.05, 0.1) is 5.69 Å². The van der Waals surface area contributed by atoms with Crippen molar-refractivity contribution in [2.75, 3.05) is 0 Å². The van der Waals surface area contributed by atoms with Crippen LogP contribution in [0.15, 0.2) is 73.2 Å². The van der Waals surface area contributed by atoms with Crippen LogP contribution in [0.1, 0.15) is 15.9 Å². The summed E-state index contributed by atoms with van der Waals surface area (Å²) < 4.78 is 0. The highest BCUT2D eigenvalue weighted by molar-refractivity contribution is 5.94. The Bertz CT molecular complexity index is 740. The average molecular weight is 289 g/mol. The van der Waals surface area contributed by atoms with E-state index in [0.29, 0.717) is 12.1 Å². The number of carbonyl (C=O) groups is 1. The molecule has 0 bridgehead atoms. The zero-order valence-electron chi connectivity index (χ0n) is 11.9. The van der Waals surface area contributed by atoms with Crippen LogP contribution in [0.2, 0.25) is 0 Å². The van der Waals surface area contributed by atoms with Crippen molar-refractivity contribution in [1.29, 1.82) is 0 Å². The summed E-state index contributed by atoms with van der Waals surface area (Å²) in [6, 6.07) is 17.0. The first-order valence-electron chi connectivity index (χ1n) is 7.01. The number of aromatic nitrogens is 2. The summed E-state index contributed by atoms with van der Waals surface area (Å²) in [6.07, 6.45) is 5.18. The van der Waals surface area contributed by atoms with E-state index in [1.54, 1.807) is 18.6 Å². The Morgan fingerprint density at radius 1 is 0.909 bits per heavy atom. The van der Waals surface area contributed by atoms with Crippen LogP contribution in [-0.4, -0.2) is 15.9 Å². The zero-order valence-corrected chi connectivity index (χ0v) is 11.9. The molecule has 0 spiro atoms. The number of hydrogen-bond acceptors (Lipinski definition) is 3. The fourth-order valence-electron chi connectivity index (χ4n) is 2.11. The van der Waals surface area contributed by atoms with E-state index in [-0.39, 0.29) is 5.91 Å². The fraction of sp³-hybridized carbons (Fsp3) is 0.0556. The topological polar surface area (TPSA) is 54.9 Å². The van der Waals surface area contributed by atoms with Crippen molar-refractivity contribution < 1.29 is 4.79 Å². The van der Waals surface area contributed by atoms with Gasteiger partial charge in [-0.05, 0) is 42.0 Å². The zero-order chi connectivity index (χ0) is 15.2. The maximum absolute atomic E-state index is 12.1. The van der Waals surface area contributed by atoms with Crippen LogP contribution < -0.4 is 5.32 Å². The van der Waals surface area contributed by atoms with E-state index in [2.05, 4.69) is 15.3 Å². The quantitative estimate of drug-likeness (QED) is 0.803. The lowest BCUT2D eigenvalue weighted by Crippen LogP contribution is -2.22. The molecule has 0 atom stereocenters. The van der Waals surface area contributed by atoms with Gasteiger partial charge in [-0.25, -0.2) is 0 Å². The summed E-state index contributed by atoms with van der Waals surface area (Å²) >= 11 is 0. The van der Waals surface area contributed by atoms with E-state index in [1.165, 1.54) is 0 Å². The third-order valence-electron chi connectivity index (χ3n) is 3.31. The minimum absolute atomic E-state index is 0.0932. The third kappa shape index (κ3) is 3.35. The minimum atomic E-state index is -0.0932. The predicted octanol–water partition coefficient (Wildman–Crippen LogP) is 3.07. The maximum atomic E-state index is 12.1. The van der Waals surface area contributed by atoms with Crippen LogP contribution >= 0.6 is 0 Å². The van der Waals surface area contributed by atoms with Gasteiger partial charge in [0.15, 0.2) is 0 Å². The van der Waals surface area contributed by atoms with Crippen molar-refractivity contribution in [3.8, 4) is 11.3 Å². The molecule has 0 aliphatic heterocycles. The highest BCUT2D eigenvalue weighted by atomic mass is 16.1. The molecule has 4 heteroatoms. The molecule has 0 saturated heterocycles. The molecule has 1 amide bonds. The second-order valence-corrected chi connectivity index (χ2v) is 4.83. The molecule has 4 nitrogen and oxygen atoms in total. The van der Waals surface area contributed by atoms with E-state index >= 15 is 0 Å². The number of amides is 1. The number of pyridine rings is 2. The van der Waals surface area contributed by atoms with Crippen molar-refractivity contribution >= 4 is 5.91 Å². The molecule has 22 heavy (non-hydrogen) atoms. The van der Waals surface area contributed by atoms with Crippen molar-refractivity contribution in [3.63, 3.8) is 0 Å².